The van der Waals surface area contributed by atoms with Crippen molar-refractivity contribution in [1.82, 2.24) is 0 Å². The van der Waals surface area contributed by atoms with Gasteiger partial charge in [-0.1, -0.05) is 0 Å². The van der Waals surface area contributed by atoms with E-state index in [0.717, 1.165) is 7.14 Å². The van der Waals surface area contributed by atoms with Crippen LogP contribution in [0.3, 0.4) is 0 Å². The van der Waals surface area contributed by atoms with Gasteiger partial charge in [0.2, 0.25) is 6.10 Å². The van der Waals surface area contributed by atoms with Crippen LogP contribution in [0.5, 0.6) is 0 Å². The minimum absolute atomic E-state index is 0.143. The third-order valence-electron chi connectivity index (χ3n) is 2.98. The van der Waals surface area contributed by atoms with E-state index in [0.29, 0.717) is 5.56 Å². The van der Waals surface area contributed by atoms with E-state index in [2.05, 4.69) is 4.74 Å². The molecule has 2 unspecified atom stereocenters. The van der Waals surface area contributed by atoms with E-state index >= 15 is 0 Å². The van der Waals surface area contributed by atoms with E-state index < -0.39 is 30.3 Å². The second-order valence-corrected chi connectivity index (χ2v) is 7.90. The van der Waals surface area contributed by atoms with Crippen molar-refractivity contribution in [1.29, 1.82) is 0 Å². The zero-order valence-corrected chi connectivity index (χ0v) is 17.5. The van der Waals surface area contributed by atoms with E-state index in [9.17, 15) is 26.7 Å². The van der Waals surface area contributed by atoms with E-state index in [4.69, 9.17) is 4.74 Å². The van der Waals surface area contributed by atoms with Gasteiger partial charge in [0, 0.05) is 20.5 Å². The minimum Gasteiger partial charge on any atom is -0.462 e. The Bertz CT molecular complexity index is 568. The highest BCUT2D eigenvalue weighted by molar-refractivity contribution is 14.1. The van der Waals surface area contributed by atoms with Crippen molar-refractivity contribution >= 4 is 51.2 Å². The predicted molar refractivity (Wildman–Crippen MR) is 97.8 cm³/mol. The molecule has 0 amide bonds. The predicted octanol–water partition coefficient (Wildman–Crippen LogP) is 5.43. The van der Waals surface area contributed by atoms with Crippen molar-refractivity contribution in [3.05, 3.63) is 30.9 Å². The lowest BCUT2D eigenvalue weighted by Gasteiger charge is -2.28. The van der Waals surface area contributed by atoms with Crippen LogP contribution in [0.2, 0.25) is 0 Å². The highest BCUT2D eigenvalue weighted by atomic mass is 127. The SMILES string of the molecule is CC(CCOC(=O)c1cc(I)cc(I)c1)OC(C(C)(F)F)C(F)(F)F. The monoisotopic (exact) mass is 592 g/mol. The number of carbonyl (C=O) groups is 1. The lowest BCUT2D eigenvalue weighted by Crippen LogP contribution is -2.46. The van der Waals surface area contributed by atoms with Crippen molar-refractivity contribution in [3.63, 3.8) is 0 Å². The number of halogens is 7. The minimum atomic E-state index is -5.19. The molecule has 0 saturated heterocycles. The maximum atomic E-state index is 13.1. The average Bonchev–Trinajstić information content (AvgIpc) is 2.41. The number of benzene rings is 1. The summed E-state index contributed by atoms with van der Waals surface area (Å²) < 4.78 is 75.1. The van der Waals surface area contributed by atoms with Gasteiger partial charge in [0.15, 0.2) is 0 Å². The molecule has 0 N–H and O–H groups in total. The summed E-state index contributed by atoms with van der Waals surface area (Å²) >= 11 is 4.06. The summed E-state index contributed by atoms with van der Waals surface area (Å²) in [5.41, 5.74) is 0.304. The van der Waals surface area contributed by atoms with Gasteiger partial charge < -0.3 is 9.47 Å². The van der Waals surface area contributed by atoms with Crippen LogP contribution in [0.15, 0.2) is 18.2 Å². The summed E-state index contributed by atoms with van der Waals surface area (Å²) in [5.74, 6) is -4.71. The summed E-state index contributed by atoms with van der Waals surface area (Å²) in [5, 5.41) is 0. The Morgan fingerprint density at radius 1 is 1.12 bits per heavy atom. The molecular weight excluding hydrogens is 577 g/mol. The van der Waals surface area contributed by atoms with Crippen LogP contribution in [0, 0.1) is 7.14 Å². The van der Waals surface area contributed by atoms with Crippen LogP contribution in [0.25, 0.3) is 0 Å². The Morgan fingerprint density at radius 2 is 1.64 bits per heavy atom. The molecule has 1 rings (SSSR count). The van der Waals surface area contributed by atoms with Gasteiger partial charge in [-0.2, -0.15) is 13.2 Å². The molecule has 142 valence electrons. The molecule has 0 aliphatic carbocycles. The highest BCUT2D eigenvalue weighted by Crippen LogP contribution is 2.35. The second kappa shape index (κ2) is 9.11. The number of alkyl halides is 5. The second-order valence-electron chi connectivity index (χ2n) is 5.41. The van der Waals surface area contributed by atoms with Gasteiger partial charge in [0.05, 0.1) is 18.3 Å². The van der Waals surface area contributed by atoms with Crippen LogP contribution in [0.4, 0.5) is 22.0 Å². The summed E-state index contributed by atoms with van der Waals surface area (Å²) in [4.78, 5) is 11.9. The number of carbonyl (C=O) groups excluding carboxylic acids is 1. The number of rotatable bonds is 7. The van der Waals surface area contributed by atoms with Crippen molar-refractivity contribution in [2.45, 2.75) is 44.6 Å². The Balaban J connectivity index is 2.56. The lowest BCUT2D eigenvalue weighted by molar-refractivity contribution is -0.290. The lowest BCUT2D eigenvalue weighted by atomic mass is 10.2. The zero-order chi connectivity index (χ0) is 19.4. The molecule has 0 fully saturated rings. The Labute approximate surface area is 168 Å². The molecule has 25 heavy (non-hydrogen) atoms. The number of ether oxygens (including phenoxy) is 2. The molecule has 10 heteroatoms. The molecule has 0 aliphatic heterocycles. The molecule has 1 aromatic carbocycles. The van der Waals surface area contributed by atoms with Crippen LogP contribution in [-0.2, 0) is 9.47 Å². The van der Waals surface area contributed by atoms with Gasteiger partial charge in [0.25, 0.3) is 5.92 Å². The van der Waals surface area contributed by atoms with Gasteiger partial charge in [-0.15, -0.1) is 0 Å². The highest BCUT2D eigenvalue weighted by Gasteiger charge is 2.54. The quantitative estimate of drug-likeness (QED) is 0.241. The summed E-state index contributed by atoms with van der Waals surface area (Å²) in [6, 6.07) is 5.04. The van der Waals surface area contributed by atoms with Crippen molar-refractivity contribution in [2.24, 2.45) is 0 Å². The van der Waals surface area contributed by atoms with Gasteiger partial charge in [-0.3, -0.25) is 0 Å². The first kappa shape index (κ1) is 22.8. The first-order valence-electron chi connectivity index (χ1n) is 7.04. The maximum Gasteiger partial charge on any atom is 0.420 e. The normalized spacial score (nSPS) is 14.9. The van der Waals surface area contributed by atoms with Crippen molar-refractivity contribution in [2.75, 3.05) is 6.61 Å². The molecule has 0 heterocycles. The molecular formula is C15H15F5I2O3. The molecule has 0 aliphatic rings. The summed E-state index contributed by atoms with van der Waals surface area (Å²) in [6.07, 6.45) is -9.71. The first-order valence-corrected chi connectivity index (χ1v) is 9.19. The molecule has 0 aromatic heterocycles. The topological polar surface area (TPSA) is 35.5 Å². The standard InChI is InChI=1S/C15H15F5I2O3/c1-8(25-13(14(2,16)17)15(18,19)20)3-4-24-12(23)9-5-10(21)7-11(22)6-9/h5-8,13H,3-4H2,1-2H3. The summed E-state index contributed by atoms with van der Waals surface area (Å²) in [7, 11) is 0. The third kappa shape index (κ3) is 7.89. The van der Waals surface area contributed by atoms with Crippen molar-refractivity contribution in [3.8, 4) is 0 Å². The molecule has 0 saturated carbocycles. The first-order chi connectivity index (χ1) is 11.3. The average molecular weight is 592 g/mol. The Hall–Kier alpha value is -0.240. The Morgan fingerprint density at radius 3 is 2.08 bits per heavy atom. The molecule has 0 bridgehead atoms. The molecule has 1 aromatic rings. The van der Waals surface area contributed by atoms with Crippen LogP contribution in [-0.4, -0.2) is 36.9 Å². The molecule has 3 nitrogen and oxygen atoms in total. The van der Waals surface area contributed by atoms with Gasteiger partial charge in [-0.05, 0) is 70.3 Å². The fourth-order valence-corrected chi connectivity index (χ4v) is 3.79. The molecule has 0 spiro atoms. The zero-order valence-electron chi connectivity index (χ0n) is 13.2. The van der Waals surface area contributed by atoms with E-state index in [1.54, 1.807) is 12.1 Å². The number of hydrogen-bond acceptors (Lipinski definition) is 3. The maximum absolute atomic E-state index is 13.1. The van der Waals surface area contributed by atoms with Gasteiger partial charge >= 0.3 is 12.1 Å². The third-order valence-corrected chi connectivity index (χ3v) is 4.23. The molecule has 2 atom stereocenters. The molecule has 0 radical (unpaired) electrons. The van der Waals surface area contributed by atoms with Crippen molar-refractivity contribution < 1.29 is 36.2 Å². The summed E-state index contributed by atoms with van der Waals surface area (Å²) in [6.45, 7) is 1.12. The van der Waals surface area contributed by atoms with Crippen LogP contribution < -0.4 is 0 Å². The van der Waals surface area contributed by atoms with E-state index in [-0.39, 0.29) is 20.0 Å². The number of esters is 1. The van der Waals surface area contributed by atoms with Crippen LogP contribution >= 0.6 is 45.2 Å². The largest absolute Gasteiger partial charge is 0.462 e. The van der Waals surface area contributed by atoms with Gasteiger partial charge in [-0.25, -0.2) is 13.6 Å². The van der Waals surface area contributed by atoms with E-state index in [1.165, 1.54) is 6.92 Å². The fraction of sp³-hybridized carbons (Fsp3) is 0.533. The van der Waals surface area contributed by atoms with Crippen LogP contribution in [0.1, 0.15) is 30.6 Å². The van der Waals surface area contributed by atoms with E-state index in [1.807, 2.05) is 51.2 Å². The smallest absolute Gasteiger partial charge is 0.420 e. The Kier molecular flexibility index (Phi) is 8.31. The fourth-order valence-electron chi connectivity index (χ4n) is 1.86. The number of hydrogen-bond donors (Lipinski definition) is 0. The van der Waals surface area contributed by atoms with Gasteiger partial charge in [0.1, 0.15) is 0 Å².